The molecule has 4 rings (SSSR count). The van der Waals surface area contributed by atoms with Crippen LogP contribution in [0, 0.1) is 0 Å². The van der Waals surface area contributed by atoms with Crippen molar-refractivity contribution in [1.82, 2.24) is 15.1 Å². The lowest BCUT2D eigenvalue weighted by Crippen LogP contribution is -2.36. The number of benzene rings is 2. The van der Waals surface area contributed by atoms with Crippen LogP contribution in [0.25, 0.3) is 11.3 Å². The van der Waals surface area contributed by atoms with Crippen molar-refractivity contribution in [2.75, 3.05) is 11.9 Å². The number of aromatic amines is 1. The molecule has 31 heavy (non-hydrogen) atoms. The highest BCUT2D eigenvalue weighted by Crippen LogP contribution is 2.33. The summed E-state index contributed by atoms with van der Waals surface area (Å²) in [6.45, 7) is 1.76. The van der Waals surface area contributed by atoms with Gasteiger partial charge in [0.1, 0.15) is 0 Å². The van der Waals surface area contributed by atoms with E-state index in [1.807, 2.05) is 30.3 Å². The molecule has 0 radical (unpaired) electrons. The van der Waals surface area contributed by atoms with Crippen molar-refractivity contribution in [1.29, 1.82) is 0 Å². The van der Waals surface area contributed by atoms with Crippen molar-refractivity contribution in [2.24, 2.45) is 0 Å². The highest BCUT2D eigenvalue weighted by Gasteiger charge is 2.33. The molecule has 9 heteroatoms. The van der Waals surface area contributed by atoms with Crippen LogP contribution < -0.4 is 5.32 Å². The first kappa shape index (κ1) is 20.6. The number of hydrogen-bond acceptors (Lipinski definition) is 3. The van der Waals surface area contributed by atoms with Gasteiger partial charge in [0, 0.05) is 54.5 Å². The molecular formula is C22H19F3N4O2. The quantitative estimate of drug-likeness (QED) is 0.655. The van der Waals surface area contributed by atoms with E-state index in [9.17, 15) is 22.8 Å². The van der Waals surface area contributed by atoms with Crippen LogP contribution in [0.4, 0.5) is 18.9 Å². The number of nitrogens with zero attached hydrogens (tertiary/aromatic N) is 2. The van der Waals surface area contributed by atoms with Gasteiger partial charge in [-0.05, 0) is 18.2 Å². The Morgan fingerprint density at radius 2 is 1.87 bits per heavy atom. The molecule has 3 aromatic rings. The summed E-state index contributed by atoms with van der Waals surface area (Å²) in [5.74, 6) is -1.06. The highest BCUT2D eigenvalue weighted by molar-refractivity contribution is 5.97. The summed E-state index contributed by atoms with van der Waals surface area (Å²) in [5, 5.41) is 9.70. The number of H-pyrrole nitrogens is 1. The van der Waals surface area contributed by atoms with Gasteiger partial charge in [-0.25, -0.2) is 0 Å². The predicted octanol–water partition coefficient (Wildman–Crippen LogP) is 4.25. The van der Waals surface area contributed by atoms with Crippen LogP contribution in [0.5, 0.6) is 0 Å². The number of carbonyl (C=O) groups excluding carboxylic acids is 2. The van der Waals surface area contributed by atoms with Gasteiger partial charge in [0.15, 0.2) is 0 Å². The molecule has 160 valence electrons. The lowest BCUT2D eigenvalue weighted by Gasteiger charge is -2.27. The van der Waals surface area contributed by atoms with E-state index in [2.05, 4.69) is 15.5 Å². The molecular weight excluding hydrogens is 409 g/mol. The van der Waals surface area contributed by atoms with E-state index in [4.69, 9.17) is 0 Å². The van der Waals surface area contributed by atoms with E-state index in [1.165, 1.54) is 17.9 Å². The molecule has 2 amide bonds. The minimum Gasteiger partial charge on any atom is -0.334 e. The van der Waals surface area contributed by atoms with Gasteiger partial charge in [-0.1, -0.05) is 30.3 Å². The predicted molar refractivity (Wildman–Crippen MR) is 108 cm³/mol. The Balaban J connectivity index is 1.66. The van der Waals surface area contributed by atoms with Gasteiger partial charge in [-0.3, -0.25) is 14.7 Å². The van der Waals surface area contributed by atoms with Crippen molar-refractivity contribution < 1.29 is 22.8 Å². The number of hydrogen-bond donors (Lipinski definition) is 2. The molecule has 2 N–H and O–H groups in total. The second kappa shape index (κ2) is 7.90. The molecule has 0 atom stereocenters. The minimum absolute atomic E-state index is 0.0725. The van der Waals surface area contributed by atoms with Gasteiger partial charge < -0.3 is 10.2 Å². The highest BCUT2D eigenvalue weighted by atomic mass is 19.4. The van der Waals surface area contributed by atoms with E-state index in [1.54, 1.807) is 0 Å². The molecule has 1 aromatic heterocycles. The Bertz CT molecular complexity index is 1140. The van der Waals surface area contributed by atoms with Crippen LogP contribution in [0.1, 0.15) is 34.1 Å². The maximum absolute atomic E-state index is 13.3. The average molecular weight is 428 g/mol. The normalized spacial score (nSPS) is 13.6. The third-order valence-electron chi connectivity index (χ3n) is 5.10. The Hall–Kier alpha value is -3.62. The zero-order valence-electron chi connectivity index (χ0n) is 16.6. The van der Waals surface area contributed by atoms with Crippen molar-refractivity contribution in [2.45, 2.75) is 26.1 Å². The summed E-state index contributed by atoms with van der Waals surface area (Å²) in [6, 6.07) is 12.4. The third-order valence-corrected chi connectivity index (χ3v) is 5.10. The summed E-state index contributed by atoms with van der Waals surface area (Å²) in [4.78, 5) is 25.9. The number of nitrogens with one attached hydrogen (secondary N) is 2. The van der Waals surface area contributed by atoms with Crippen molar-refractivity contribution in [3.8, 4) is 11.3 Å². The smallest absolute Gasteiger partial charge is 0.334 e. The number of carbonyl (C=O) groups is 2. The number of halogens is 3. The van der Waals surface area contributed by atoms with Gasteiger partial charge >= 0.3 is 6.18 Å². The Labute approximate surface area is 176 Å². The Kier molecular flexibility index (Phi) is 5.26. The third kappa shape index (κ3) is 4.30. The molecule has 0 fully saturated rings. The molecule has 2 aromatic carbocycles. The Morgan fingerprint density at radius 1 is 1.13 bits per heavy atom. The standard InChI is InChI=1S/C22H19F3N4O2/c1-13(30)26-17-10-15(9-16(11-17)22(23,24)25)21(31)29-8-7-19-18(12-29)20(28-27-19)14-5-3-2-4-6-14/h2-6,9-11H,7-8,12H2,1H3,(H,26,30)(H,27,28). The molecule has 6 nitrogen and oxygen atoms in total. The van der Waals surface area contributed by atoms with Crippen LogP contribution in [-0.4, -0.2) is 33.5 Å². The SMILES string of the molecule is CC(=O)Nc1cc(C(=O)N2CCc3[nH]nc(-c4ccccc4)c3C2)cc(C(F)(F)F)c1. The molecule has 0 bridgehead atoms. The molecule has 0 unspecified atom stereocenters. The summed E-state index contributed by atoms with van der Waals surface area (Å²) >= 11 is 0. The maximum Gasteiger partial charge on any atom is 0.416 e. The molecule has 0 spiro atoms. The fraction of sp³-hybridized carbons (Fsp3) is 0.227. The lowest BCUT2D eigenvalue weighted by molar-refractivity contribution is -0.137. The topological polar surface area (TPSA) is 78.1 Å². The van der Waals surface area contributed by atoms with Gasteiger partial charge in [0.2, 0.25) is 5.91 Å². The zero-order chi connectivity index (χ0) is 22.2. The van der Waals surface area contributed by atoms with E-state index < -0.39 is 23.6 Å². The van der Waals surface area contributed by atoms with Crippen LogP contribution in [0.3, 0.4) is 0 Å². The first-order valence-electron chi connectivity index (χ1n) is 9.63. The van der Waals surface area contributed by atoms with Crippen LogP contribution >= 0.6 is 0 Å². The van der Waals surface area contributed by atoms with E-state index in [0.29, 0.717) is 13.0 Å². The summed E-state index contributed by atoms with van der Waals surface area (Å²) in [6.07, 6.45) is -4.14. The van der Waals surface area contributed by atoms with E-state index in [0.717, 1.165) is 34.6 Å². The number of alkyl halides is 3. The molecule has 1 aliphatic heterocycles. The Morgan fingerprint density at radius 3 is 2.55 bits per heavy atom. The molecule has 0 aliphatic carbocycles. The number of amides is 2. The lowest BCUT2D eigenvalue weighted by atomic mass is 10.00. The average Bonchev–Trinajstić information content (AvgIpc) is 3.15. The molecule has 0 saturated heterocycles. The van der Waals surface area contributed by atoms with Gasteiger partial charge in [-0.2, -0.15) is 18.3 Å². The molecule has 1 aliphatic rings. The van der Waals surface area contributed by atoms with Gasteiger partial charge in [0.05, 0.1) is 11.3 Å². The van der Waals surface area contributed by atoms with Gasteiger partial charge in [0.25, 0.3) is 5.91 Å². The van der Waals surface area contributed by atoms with Crippen LogP contribution in [0.2, 0.25) is 0 Å². The van der Waals surface area contributed by atoms with Crippen molar-refractivity contribution in [3.05, 3.63) is 70.9 Å². The van der Waals surface area contributed by atoms with Crippen molar-refractivity contribution >= 4 is 17.5 Å². The number of rotatable bonds is 3. The fourth-order valence-corrected chi connectivity index (χ4v) is 3.68. The zero-order valence-corrected chi connectivity index (χ0v) is 16.6. The first-order valence-corrected chi connectivity index (χ1v) is 9.63. The number of anilines is 1. The second-order valence-corrected chi connectivity index (χ2v) is 7.35. The fourth-order valence-electron chi connectivity index (χ4n) is 3.68. The van der Waals surface area contributed by atoms with Crippen molar-refractivity contribution in [3.63, 3.8) is 0 Å². The van der Waals surface area contributed by atoms with E-state index in [-0.39, 0.29) is 17.8 Å². The summed E-state index contributed by atoms with van der Waals surface area (Å²) in [5.41, 5.74) is 2.17. The second-order valence-electron chi connectivity index (χ2n) is 7.35. The number of fused-ring (bicyclic) bond motifs is 1. The van der Waals surface area contributed by atoms with Crippen LogP contribution in [0.15, 0.2) is 48.5 Å². The van der Waals surface area contributed by atoms with E-state index >= 15 is 0 Å². The monoisotopic (exact) mass is 428 g/mol. The van der Waals surface area contributed by atoms with Gasteiger partial charge in [-0.15, -0.1) is 0 Å². The van der Waals surface area contributed by atoms with Crippen LogP contribution in [-0.2, 0) is 23.9 Å². The minimum atomic E-state index is -4.65. The molecule has 2 heterocycles. The largest absolute Gasteiger partial charge is 0.416 e. The maximum atomic E-state index is 13.3. The summed E-state index contributed by atoms with van der Waals surface area (Å²) < 4.78 is 40.0. The number of aromatic nitrogens is 2. The summed E-state index contributed by atoms with van der Waals surface area (Å²) in [7, 11) is 0. The first-order chi connectivity index (χ1) is 14.7. The molecule has 0 saturated carbocycles.